The van der Waals surface area contributed by atoms with Gasteiger partial charge < -0.3 is 10.4 Å². The highest BCUT2D eigenvalue weighted by atomic mass is 32.2. The number of rotatable bonds is 7. The maximum atomic E-state index is 9.67. The third kappa shape index (κ3) is 10.4. The van der Waals surface area contributed by atoms with Gasteiger partial charge in [-0.25, -0.2) is 0 Å². The fourth-order valence-electron chi connectivity index (χ4n) is 1.34. The maximum absolute atomic E-state index is 9.67. The molecule has 0 amide bonds. The van der Waals surface area contributed by atoms with Gasteiger partial charge in [-0.15, -0.1) is 0 Å². The van der Waals surface area contributed by atoms with Crippen molar-refractivity contribution in [2.75, 3.05) is 24.6 Å². The largest absolute Gasteiger partial charge is 0.392 e. The summed E-state index contributed by atoms with van der Waals surface area (Å²) in [5.74, 6) is 2.31. The summed E-state index contributed by atoms with van der Waals surface area (Å²) in [6.07, 6.45) is 0.655. The molecule has 0 rings (SSSR count). The third-order valence-electron chi connectivity index (χ3n) is 1.86. The average molecular weight is 219 g/mol. The second kappa shape index (κ2) is 7.55. The Balaban J connectivity index is 3.31. The van der Waals surface area contributed by atoms with Crippen LogP contribution in [0.5, 0.6) is 0 Å². The predicted octanol–water partition coefficient (Wildman–Crippen LogP) is 2.13. The molecule has 86 valence electrons. The number of hydrogen-bond acceptors (Lipinski definition) is 3. The van der Waals surface area contributed by atoms with Crippen LogP contribution >= 0.6 is 11.8 Å². The topological polar surface area (TPSA) is 32.3 Å². The fourth-order valence-corrected chi connectivity index (χ4v) is 1.91. The van der Waals surface area contributed by atoms with Gasteiger partial charge in [0.25, 0.3) is 0 Å². The van der Waals surface area contributed by atoms with Crippen LogP contribution in [0.25, 0.3) is 0 Å². The van der Waals surface area contributed by atoms with Gasteiger partial charge in [-0.3, -0.25) is 0 Å². The van der Waals surface area contributed by atoms with Crippen molar-refractivity contribution in [3.63, 3.8) is 0 Å². The molecule has 0 aromatic rings. The second-order valence-corrected chi connectivity index (χ2v) is 6.21. The minimum atomic E-state index is -0.207. The molecule has 1 unspecified atom stereocenters. The standard InChI is InChI=1S/C11H25NOS/c1-5-14-7-6-12-9-10(13)8-11(2,3)4/h10,12-13H,5-9H2,1-4H3. The quantitative estimate of drug-likeness (QED) is 0.643. The van der Waals surface area contributed by atoms with E-state index < -0.39 is 0 Å². The first kappa shape index (κ1) is 14.3. The van der Waals surface area contributed by atoms with Crippen LogP contribution in [0, 0.1) is 5.41 Å². The van der Waals surface area contributed by atoms with E-state index >= 15 is 0 Å². The molecule has 0 aromatic carbocycles. The molecule has 0 spiro atoms. The summed E-state index contributed by atoms with van der Waals surface area (Å²) in [6, 6.07) is 0. The van der Waals surface area contributed by atoms with E-state index in [1.807, 2.05) is 11.8 Å². The highest BCUT2D eigenvalue weighted by Crippen LogP contribution is 2.20. The molecule has 0 heterocycles. The summed E-state index contributed by atoms with van der Waals surface area (Å²) in [4.78, 5) is 0. The van der Waals surface area contributed by atoms with Crippen LogP contribution in [0.15, 0.2) is 0 Å². The van der Waals surface area contributed by atoms with Gasteiger partial charge in [0.1, 0.15) is 0 Å². The van der Waals surface area contributed by atoms with Crippen LogP contribution in [0.4, 0.5) is 0 Å². The molecule has 0 bridgehead atoms. The van der Waals surface area contributed by atoms with E-state index in [4.69, 9.17) is 0 Å². The Labute approximate surface area is 92.9 Å². The summed E-state index contributed by atoms with van der Waals surface area (Å²) in [6.45, 7) is 10.4. The number of hydrogen-bond donors (Lipinski definition) is 2. The average Bonchev–Trinajstić information content (AvgIpc) is 2.00. The van der Waals surface area contributed by atoms with E-state index in [2.05, 4.69) is 33.0 Å². The summed E-state index contributed by atoms with van der Waals surface area (Å²) < 4.78 is 0. The van der Waals surface area contributed by atoms with Gasteiger partial charge in [0.05, 0.1) is 6.10 Å². The SMILES string of the molecule is CCSCCNCC(O)CC(C)(C)C. The zero-order valence-electron chi connectivity index (χ0n) is 9.97. The second-order valence-electron chi connectivity index (χ2n) is 4.82. The molecular formula is C11H25NOS. The Morgan fingerprint density at radius 3 is 2.50 bits per heavy atom. The lowest BCUT2D eigenvalue weighted by atomic mass is 9.89. The molecule has 1 atom stereocenters. The minimum absolute atomic E-state index is 0.207. The maximum Gasteiger partial charge on any atom is 0.0669 e. The van der Waals surface area contributed by atoms with E-state index in [9.17, 15) is 5.11 Å². The summed E-state index contributed by atoms with van der Waals surface area (Å²) in [5.41, 5.74) is 0.221. The third-order valence-corrected chi connectivity index (χ3v) is 2.76. The van der Waals surface area contributed by atoms with Crippen molar-refractivity contribution in [1.29, 1.82) is 0 Å². The minimum Gasteiger partial charge on any atom is -0.392 e. The Morgan fingerprint density at radius 2 is 2.00 bits per heavy atom. The number of aliphatic hydroxyl groups is 1. The number of aliphatic hydroxyl groups excluding tert-OH is 1. The first-order valence-corrected chi connectivity index (χ1v) is 6.57. The van der Waals surface area contributed by atoms with E-state index in [-0.39, 0.29) is 11.5 Å². The normalized spacial score (nSPS) is 14.4. The molecule has 0 aliphatic carbocycles. The lowest BCUT2D eigenvalue weighted by molar-refractivity contribution is 0.120. The first-order chi connectivity index (χ1) is 6.45. The molecule has 2 nitrogen and oxygen atoms in total. The lowest BCUT2D eigenvalue weighted by Crippen LogP contribution is -2.31. The molecule has 0 aromatic heterocycles. The van der Waals surface area contributed by atoms with Gasteiger partial charge in [-0.1, -0.05) is 27.7 Å². The van der Waals surface area contributed by atoms with Crippen molar-refractivity contribution in [2.45, 2.75) is 40.2 Å². The first-order valence-electron chi connectivity index (χ1n) is 5.42. The van der Waals surface area contributed by atoms with E-state index in [1.54, 1.807) is 0 Å². The van der Waals surface area contributed by atoms with Gasteiger partial charge in [-0.05, 0) is 17.6 Å². The Kier molecular flexibility index (Phi) is 7.69. The van der Waals surface area contributed by atoms with Crippen LogP contribution in [-0.4, -0.2) is 35.8 Å². The van der Waals surface area contributed by atoms with Crippen molar-refractivity contribution in [3.8, 4) is 0 Å². The number of thioether (sulfide) groups is 1. The van der Waals surface area contributed by atoms with Gasteiger partial charge in [-0.2, -0.15) is 11.8 Å². The van der Waals surface area contributed by atoms with Gasteiger partial charge in [0.15, 0.2) is 0 Å². The highest BCUT2D eigenvalue weighted by Gasteiger charge is 2.15. The van der Waals surface area contributed by atoms with Crippen LogP contribution < -0.4 is 5.32 Å². The molecule has 0 aliphatic rings. The molecule has 14 heavy (non-hydrogen) atoms. The van der Waals surface area contributed by atoms with Crippen LogP contribution in [0.3, 0.4) is 0 Å². The van der Waals surface area contributed by atoms with Crippen molar-refractivity contribution in [1.82, 2.24) is 5.32 Å². The summed E-state index contributed by atoms with van der Waals surface area (Å²) in [7, 11) is 0. The van der Waals surface area contributed by atoms with Crippen molar-refractivity contribution in [2.24, 2.45) is 5.41 Å². The van der Waals surface area contributed by atoms with Crippen LogP contribution in [-0.2, 0) is 0 Å². The monoisotopic (exact) mass is 219 g/mol. The van der Waals surface area contributed by atoms with Crippen LogP contribution in [0.2, 0.25) is 0 Å². The molecular weight excluding hydrogens is 194 g/mol. The zero-order valence-corrected chi connectivity index (χ0v) is 10.8. The number of nitrogens with one attached hydrogen (secondary N) is 1. The predicted molar refractivity (Wildman–Crippen MR) is 65.9 cm³/mol. The summed E-state index contributed by atoms with van der Waals surface area (Å²) >= 11 is 1.93. The van der Waals surface area contributed by atoms with E-state index in [0.717, 1.165) is 25.3 Å². The molecule has 2 N–H and O–H groups in total. The van der Waals surface area contributed by atoms with Crippen molar-refractivity contribution < 1.29 is 5.11 Å². The highest BCUT2D eigenvalue weighted by molar-refractivity contribution is 7.99. The Hall–Kier alpha value is 0.270. The van der Waals surface area contributed by atoms with Crippen molar-refractivity contribution >= 4 is 11.8 Å². The molecule has 0 saturated heterocycles. The summed E-state index contributed by atoms with van der Waals surface area (Å²) in [5, 5.41) is 12.9. The van der Waals surface area contributed by atoms with Crippen molar-refractivity contribution in [3.05, 3.63) is 0 Å². The molecule has 0 fully saturated rings. The lowest BCUT2D eigenvalue weighted by Gasteiger charge is -2.22. The molecule has 3 heteroatoms. The van der Waals surface area contributed by atoms with Gasteiger partial charge in [0, 0.05) is 18.8 Å². The Morgan fingerprint density at radius 1 is 1.36 bits per heavy atom. The van der Waals surface area contributed by atoms with Gasteiger partial charge >= 0.3 is 0 Å². The van der Waals surface area contributed by atoms with E-state index in [0.29, 0.717) is 0 Å². The molecule has 0 radical (unpaired) electrons. The van der Waals surface area contributed by atoms with Crippen LogP contribution in [0.1, 0.15) is 34.1 Å². The molecule has 0 saturated carbocycles. The molecule has 0 aliphatic heterocycles. The van der Waals surface area contributed by atoms with Gasteiger partial charge in [0.2, 0.25) is 0 Å². The zero-order chi connectivity index (χ0) is 11.0. The van der Waals surface area contributed by atoms with E-state index in [1.165, 1.54) is 5.75 Å². The Bertz CT molecular complexity index is 134. The smallest absolute Gasteiger partial charge is 0.0669 e. The fraction of sp³-hybridized carbons (Fsp3) is 1.00.